The third kappa shape index (κ3) is 4.19. The summed E-state index contributed by atoms with van der Waals surface area (Å²) in [5, 5.41) is 2.85. The lowest BCUT2D eigenvalue weighted by atomic mass is 9.89. The van der Waals surface area contributed by atoms with Gasteiger partial charge in [0.15, 0.2) is 5.60 Å². The third-order valence-electron chi connectivity index (χ3n) is 4.84. The lowest BCUT2D eigenvalue weighted by Crippen LogP contribution is -2.48. The van der Waals surface area contributed by atoms with E-state index in [1.165, 1.54) is 12.1 Å². The quantitative estimate of drug-likeness (QED) is 0.753. The van der Waals surface area contributed by atoms with Crippen LogP contribution in [0.4, 0.5) is 4.39 Å². The Labute approximate surface area is 159 Å². The SMILES string of the molecule is C=CCNC(=O)[C@]1(Cc2ccc(-c3cc(F)ccc3OC)cc2)CCCO1. The van der Waals surface area contributed by atoms with Crippen molar-refractivity contribution in [2.75, 3.05) is 20.3 Å². The number of carbonyl (C=O) groups excluding carboxylic acids is 1. The number of ether oxygens (including phenoxy) is 2. The van der Waals surface area contributed by atoms with Gasteiger partial charge in [0.2, 0.25) is 0 Å². The van der Waals surface area contributed by atoms with Crippen LogP contribution in [0.2, 0.25) is 0 Å². The van der Waals surface area contributed by atoms with Crippen molar-refractivity contribution in [3.8, 4) is 16.9 Å². The van der Waals surface area contributed by atoms with Crippen LogP contribution in [0.25, 0.3) is 11.1 Å². The Bertz CT molecular complexity index is 811. The lowest BCUT2D eigenvalue weighted by molar-refractivity contribution is -0.141. The zero-order valence-electron chi connectivity index (χ0n) is 15.5. The molecule has 4 nitrogen and oxygen atoms in total. The number of benzene rings is 2. The molecule has 1 heterocycles. The topological polar surface area (TPSA) is 47.6 Å². The van der Waals surface area contributed by atoms with Crippen LogP contribution in [0.5, 0.6) is 5.75 Å². The van der Waals surface area contributed by atoms with E-state index in [0.29, 0.717) is 37.3 Å². The Hall–Kier alpha value is -2.66. The first kappa shape index (κ1) is 19.1. The van der Waals surface area contributed by atoms with Gasteiger partial charge in [-0.25, -0.2) is 4.39 Å². The van der Waals surface area contributed by atoms with Crippen molar-refractivity contribution < 1.29 is 18.7 Å². The highest BCUT2D eigenvalue weighted by atomic mass is 19.1. The maximum atomic E-state index is 13.6. The first-order chi connectivity index (χ1) is 13.1. The molecule has 2 aromatic rings. The predicted molar refractivity (Wildman–Crippen MR) is 103 cm³/mol. The molecule has 0 radical (unpaired) electrons. The molecule has 5 heteroatoms. The number of amides is 1. The van der Waals surface area contributed by atoms with Crippen LogP contribution in [-0.2, 0) is 16.0 Å². The largest absolute Gasteiger partial charge is 0.496 e. The van der Waals surface area contributed by atoms with Crippen LogP contribution >= 0.6 is 0 Å². The minimum absolute atomic E-state index is 0.101. The molecule has 1 saturated heterocycles. The summed E-state index contributed by atoms with van der Waals surface area (Å²) in [6.07, 6.45) is 3.70. The van der Waals surface area contributed by atoms with Gasteiger partial charge in [0.05, 0.1) is 7.11 Å². The summed E-state index contributed by atoms with van der Waals surface area (Å²) in [6.45, 7) is 4.63. The van der Waals surface area contributed by atoms with Crippen molar-refractivity contribution in [2.24, 2.45) is 0 Å². The minimum Gasteiger partial charge on any atom is -0.496 e. The second kappa shape index (κ2) is 8.35. The van der Waals surface area contributed by atoms with Crippen LogP contribution in [0.3, 0.4) is 0 Å². The van der Waals surface area contributed by atoms with Gasteiger partial charge in [-0.15, -0.1) is 6.58 Å². The fourth-order valence-electron chi connectivity index (χ4n) is 3.46. The summed E-state index contributed by atoms with van der Waals surface area (Å²) in [5.41, 5.74) is 1.71. The average Bonchev–Trinajstić information content (AvgIpc) is 3.16. The van der Waals surface area contributed by atoms with Gasteiger partial charge in [-0.1, -0.05) is 30.3 Å². The van der Waals surface area contributed by atoms with E-state index in [2.05, 4.69) is 11.9 Å². The zero-order valence-corrected chi connectivity index (χ0v) is 15.5. The molecule has 1 aliphatic rings. The molecule has 1 amide bonds. The minimum atomic E-state index is -0.832. The highest BCUT2D eigenvalue weighted by Gasteiger charge is 2.42. The van der Waals surface area contributed by atoms with Gasteiger partial charge in [-0.2, -0.15) is 0 Å². The molecule has 0 bridgehead atoms. The Morgan fingerprint density at radius 1 is 1.33 bits per heavy atom. The number of rotatable bonds is 7. The molecule has 27 heavy (non-hydrogen) atoms. The normalized spacial score (nSPS) is 18.9. The molecule has 1 atom stereocenters. The second-order valence-electron chi connectivity index (χ2n) is 6.66. The predicted octanol–water partition coefficient (Wildman–Crippen LogP) is 3.90. The Balaban J connectivity index is 1.82. The molecule has 0 spiro atoms. The molecule has 1 fully saturated rings. The summed E-state index contributed by atoms with van der Waals surface area (Å²) in [7, 11) is 1.56. The molecule has 0 aromatic heterocycles. The second-order valence-corrected chi connectivity index (χ2v) is 6.66. The van der Waals surface area contributed by atoms with E-state index in [9.17, 15) is 9.18 Å². The van der Waals surface area contributed by atoms with Crippen LogP contribution in [-0.4, -0.2) is 31.8 Å². The van der Waals surface area contributed by atoms with Crippen molar-refractivity contribution in [1.82, 2.24) is 5.32 Å². The van der Waals surface area contributed by atoms with Crippen molar-refractivity contribution >= 4 is 5.91 Å². The van der Waals surface area contributed by atoms with E-state index in [4.69, 9.17) is 9.47 Å². The van der Waals surface area contributed by atoms with E-state index >= 15 is 0 Å². The van der Waals surface area contributed by atoms with Crippen molar-refractivity contribution in [1.29, 1.82) is 0 Å². The van der Waals surface area contributed by atoms with E-state index in [1.807, 2.05) is 24.3 Å². The summed E-state index contributed by atoms with van der Waals surface area (Å²) >= 11 is 0. The van der Waals surface area contributed by atoms with Crippen LogP contribution in [0, 0.1) is 5.82 Å². The van der Waals surface area contributed by atoms with Gasteiger partial charge in [-0.05, 0) is 42.2 Å². The number of nitrogens with one attached hydrogen (secondary N) is 1. The molecule has 1 aliphatic heterocycles. The van der Waals surface area contributed by atoms with Gasteiger partial charge in [0.25, 0.3) is 5.91 Å². The lowest BCUT2D eigenvalue weighted by Gasteiger charge is -2.27. The number of methoxy groups -OCH3 is 1. The van der Waals surface area contributed by atoms with Gasteiger partial charge in [0, 0.05) is 25.1 Å². The van der Waals surface area contributed by atoms with Crippen LogP contribution in [0.1, 0.15) is 18.4 Å². The van der Waals surface area contributed by atoms with Crippen molar-refractivity contribution in [3.63, 3.8) is 0 Å². The summed E-state index contributed by atoms with van der Waals surface area (Å²) in [4.78, 5) is 12.6. The molecular formula is C22H24FNO3. The standard InChI is InChI=1S/C22H24FNO3/c1-3-12-24-21(25)22(11-4-13-27-22)15-16-5-7-17(8-6-16)19-14-18(23)9-10-20(19)26-2/h3,5-10,14H,1,4,11-13,15H2,2H3,(H,24,25)/t22-/m1/s1. The number of halogens is 1. The van der Waals surface area contributed by atoms with Gasteiger partial charge in [0.1, 0.15) is 11.6 Å². The summed E-state index contributed by atoms with van der Waals surface area (Å²) in [6, 6.07) is 12.2. The van der Waals surface area contributed by atoms with Gasteiger partial charge in [-0.3, -0.25) is 4.79 Å². The molecular weight excluding hydrogens is 345 g/mol. The number of carbonyl (C=O) groups is 1. The van der Waals surface area contributed by atoms with E-state index in [0.717, 1.165) is 17.5 Å². The molecule has 0 aliphatic carbocycles. The molecule has 1 N–H and O–H groups in total. The van der Waals surface area contributed by atoms with Gasteiger partial charge >= 0.3 is 0 Å². The Morgan fingerprint density at radius 3 is 2.74 bits per heavy atom. The van der Waals surface area contributed by atoms with E-state index in [-0.39, 0.29) is 11.7 Å². The first-order valence-electron chi connectivity index (χ1n) is 9.04. The number of hydrogen-bond acceptors (Lipinski definition) is 3. The van der Waals surface area contributed by atoms with Crippen LogP contribution in [0.15, 0.2) is 55.1 Å². The molecule has 2 aromatic carbocycles. The van der Waals surface area contributed by atoms with Gasteiger partial charge < -0.3 is 14.8 Å². The third-order valence-corrected chi connectivity index (χ3v) is 4.84. The first-order valence-corrected chi connectivity index (χ1v) is 9.04. The van der Waals surface area contributed by atoms with E-state index < -0.39 is 5.60 Å². The molecule has 3 rings (SSSR count). The van der Waals surface area contributed by atoms with Crippen molar-refractivity contribution in [2.45, 2.75) is 24.9 Å². The zero-order chi connectivity index (χ0) is 19.3. The molecule has 0 saturated carbocycles. The Kier molecular flexibility index (Phi) is 5.91. The smallest absolute Gasteiger partial charge is 0.252 e. The monoisotopic (exact) mass is 369 g/mol. The summed E-state index contributed by atoms with van der Waals surface area (Å²) in [5.74, 6) is 0.200. The summed E-state index contributed by atoms with van der Waals surface area (Å²) < 4.78 is 24.8. The fourth-order valence-corrected chi connectivity index (χ4v) is 3.46. The maximum Gasteiger partial charge on any atom is 0.252 e. The van der Waals surface area contributed by atoms with Crippen LogP contribution < -0.4 is 10.1 Å². The Morgan fingerprint density at radius 2 is 2.11 bits per heavy atom. The molecule has 142 valence electrons. The highest BCUT2D eigenvalue weighted by molar-refractivity contribution is 5.86. The number of hydrogen-bond donors (Lipinski definition) is 1. The average molecular weight is 369 g/mol. The maximum absolute atomic E-state index is 13.6. The fraction of sp³-hybridized carbons (Fsp3) is 0.318. The molecule has 0 unspecified atom stereocenters. The van der Waals surface area contributed by atoms with E-state index in [1.54, 1.807) is 19.3 Å². The van der Waals surface area contributed by atoms with Crippen molar-refractivity contribution in [3.05, 3.63) is 66.5 Å². The highest BCUT2D eigenvalue weighted by Crippen LogP contribution is 2.33.